The van der Waals surface area contributed by atoms with Gasteiger partial charge in [-0.05, 0) is 23.8 Å². The zero-order valence-corrected chi connectivity index (χ0v) is 19.8. The first kappa shape index (κ1) is 22.6. The van der Waals surface area contributed by atoms with E-state index in [1.165, 1.54) is 32.4 Å². The summed E-state index contributed by atoms with van der Waals surface area (Å²) in [6, 6.07) is 17.7. The Bertz CT molecular complexity index is 1210. The number of hydrogen-bond acceptors (Lipinski definition) is 5. The maximum Gasteiger partial charge on any atom is 0.267 e. The number of methoxy groups -OCH3 is 2. The van der Waals surface area contributed by atoms with E-state index in [4.69, 9.17) is 14.2 Å². The highest BCUT2D eigenvalue weighted by atomic mass is 79.9. The highest BCUT2D eigenvalue weighted by Gasteiger charge is 2.45. The molecule has 0 saturated carbocycles. The molecule has 0 radical (unpaired) electrons. The van der Waals surface area contributed by atoms with Crippen molar-refractivity contribution in [2.75, 3.05) is 25.1 Å². The molecule has 3 aromatic carbocycles. The van der Waals surface area contributed by atoms with Crippen LogP contribution in [0.1, 0.15) is 11.7 Å². The highest BCUT2D eigenvalue weighted by molar-refractivity contribution is 9.10. The Morgan fingerprint density at radius 2 is 1.62 bits per heavy atom. The molecule has 32 heavy (non-hydrogen) atoms. The van der Waals surface area contributed by atoms with Gasteiger partial charge in [-0.2, -0.15) is 0 Å². The van der Waals surface area contributed by atoms with Crippen LogP contribution in [0.5, 0.6) is 11.5 Å². The summed E-state index contributed by atoms with van der Waals surface area (Å²) in [7, 11) is -1.30. The zero-order chi connectivity index (χ0) is 22.9. The van der Waals surface area contributed by atoms with Crippen molar-refractivity contribution in [3.05, 3.63) is 82.6 Å². The Morgan fingerprint density at radius 1 is 1.00 bits per heavy atom. The van der Waals surface area contributed by atoms with Crippen LogP contribution in [0.15, 0.2) is 76.1 Å². The van der Waals surface area contributed by atoms with Crippen LogP contribution in [0.4, 0.5) is 10.1 Å². The van der Waals surface area contributed by atoms with Crippen molar-refractivity contribution in [2.45, 2.75) is 17.1 Å². The monoisotopic (exact) mass is 521 g/mol. The Kier molecular flexibility index (Phi) is 6.41. The number of nitrogens with zero attached hydrogens (tertiary/aromatic N) is 1. The molecular formula is C23H21BrFNO5S. The number of rotatable bonds is 8. The van der Waals surface area contributed by atoms with Crippen LogP contribution >= 0.6 is 15.9 Å². The molecule has 0 unspecified atom stereocenters. The highest BCUT2D eigenvalue weighted by Crippen LogP contribution is 2.44. The first-order valence-corrected chi connectivity index (χ1v) is 12.0. The smallest absolute Gasteiger partial charge is 0.267 e. The summed E-state index contributed by atoms with van der Waals surface area (Å²) in [5, 5.41) is 0. The minimum absolute atomic E-state index is 0.0149. The van der Waals surface area contributed by atoms with Crippen molar-refractivity contribution in [3.8, 4) is 11.5 Å². The van der Waals surface area contributed by atoms with Gasteiger partial charge in [-0.1, -0.05) is 46.3 Å². The molecule has 1 aliphatic rings. The van der Waals surface area contributed by atoms with Gasteiger partial charge in [0.2, 0.25) is 0 Å². The van der Waals surface area contributed by atoms with Crippen molar-refractivity contribution in [1.29, 1.82) is 0 Å². The maximum atomic E-state index is 14.5. The molecule has 168 valence electrons. The molecule has 3 aromatic rings. The number of halogens is 2. The van der Waals surface area contributed by atoms with Crippen LogP contribution in [0.25, 0.3) is 0 Å². The Morgan fingerprint density at radius 3 is 2.25 bits per heavy atom. The predicted molar refractivity (Wildman–Crippen MR) is 122 cm³/mol. The summed E-state index contributed by atoms with van der Waals surface area (Å²) >= 11 is 3.50. The van der Waals surface area contributed by atoms with Crippen LogP contribution < -0.4 is 13.8 Å². The summed E-state index contributed by atoms with van der Waals surface area (Å²) in [6.07, 6.45) is -0.691. The lowest BCUT2D eigenvalue weighted by molar-refractivity contribution is 0.375. The third kappa shape index (κ3) is 4.46. The molecule has 4 rings (SSSR count). The SMILES string of the molecule is COc1cc(OC)cc(N(C[C@H]2O[C@@H]2c2ccccc2Br)S(=O)(=O)c2ccccc2F)c1. The average molecular weight is 522 g/mol. The van der Waals surface area contributed by atoms with Crippen molar-refractivity contribution in [1.82, 2.24) is 0 Å². The Hall–Kier alpha value is -2.62. The topological polar surface area (TPSA) is 68.4 Å². The van der Waals surface area contributed by atoms with Gasteiger partial charge in [0.1, 0.15) is 34.4 Å². The average Bonchev–Trinajstić information content (AvgIpc) is 3.56. The lowest BCUT2D eigenvalue weighted by atomic mass is 10.1. The van der Waals surface area contributed by atoms with Crippen LogP contribution in [-0.4, -0.2) is 35.3 Å². The third-order valence-corrected chi connectivity index (χ3v) is 7.72. The fourth-order valence-electron chi connectivity index (χ4n) is 3.48. The van der Waals surface area contributed by atoms with Crippen molar-refractivity contribution >= 4 is 31.6 Å². The van der Waals surface area contributed by atoms with E-state index in [-0.39, 0.29) is 18.3 Å². The molecule has 1 heterocycles. The maximum absolute atomic E-state index is 14.5. The second-order valence-corrected chi connectivity index (χ2v) is 9.84. The second-order valence-electron chi connectivity index (χ2n) is 7.15. The van der Waals surface area contributed by atoms with E-state index in [0.29, 0.717) is 11.5 Å². The molecule has 1 fully saturated rings. The molecule has 1 saturated heterocycles. The molecular weight excluding hydrogens is 501 g/mol. The van der Waals surface area contributed by atoms with Gasteiger partial charge < -0.3 is 14.2 Å². The van der Waals surface area contributed by atoms with E-state index in [0.717, 1.165) is 20.4 Å². The summed E-state index contributed by atoms with van der Waals surface area (Å²) in [5.74, 6) is -0.00858. The van der Waals surface area contributed by atoms with Crippen molar-refractivity contribution < 1.29 is 27.0 Å². The molecule has 0 bridgehead atoms. The second kappa shape index (κ2) is 9.09. The van der Waals surface area contributed by atoms with Crippen LogP contribution in [0.2, 0.25) is 0 Å². The molecule has 0 N–H and O–H groups in total. The summed E-state index contributed by atoms with van der Waals surface area (Å²) in [6.45, 7) is -0.0149. The van der Waals surface area contributed by atoms with Gasteiger partial charge in [-0.3, -0.25) is 4.31 Å². The molecule has 0 spiro atoms. The number of benzene rings is 3. The molecule has 6 nitrogen and oxygen atoms in total. The Balaban J connectivity index is 1.75. The standard InChI is InChI=1S/C23H21BrFNO5S/c1-29-16-11-15(12-17(13-16)30-2)26(32(27,28)22-10-6-5-9-20(22)25)14-21-23(31-21)18-7-3-4-8-19(18)24/h3-13,21,23H,14H2,1-2H3/t21-,23-/m1/s1. The van der Waals surface area contributed by atoms with E-state index >= 15 is 0 Å². The summed E-state index contributed by atoms with van der Waals surface area (Å²) in [4.78, 5) is -0.417. The largest absolute Gasteiger partial charge is 0.497 e. The number of epoxide rings is 1. The number of ether oxygens (including phenoxy) is 3. The van der Waals surface area contributed by atoms with Crippen LogP contribution in [0.3, 0.4) is 0 Å². The van der Waals surface area contributed by atoms with Gasteiger partial charge >= 0.3 is 0 Å². The minimum atomic E-state index is -4.25. The van der Waals surface area contributed by atoms with Crippen LogP contribution in [0, 0.1) is 5.82 Å². The quantitative estimate of drug-likeness (QED) is 0.392. The van der Waals surface area contributed by atoms with Gasteiger partial charge in [0.15, 0.2) is 0 Å². The van der Waals surface area contributed by atoms with Crippen molar-refractivity contribution in [2.24, 2.45) is 0 Å². The molecule has 0 amide bonds. The minimum Gasteiger partial charge on any atom is -0.497 e. The molecule has 9 heteroatoms. The summed E-state index contributed by atoms with van der Waals surface area (Å²) < 4.78 is 60.1. The first-order valence-electron chi connectivity index (χ1n) is 9.75. The first-order chi connectivity index (χ1) is 15.3. The number of sulfonamides is 1. The van der Waals surface area contributed by atoms with Gasteiger partial charge in [0.05, 0.1) is 26.5 Å². The Labute approximate surface area is 194 Å². The fraction of sp³-hybridized carbons (Fsp3) is 0.217. The van der Waals surface area contributed by atoms with E-state index < -0.39 is 26.8 Å². The van der Waals surface area contributed by atoms with Gasteiger partial charge in [-0.15, -0.1) is 0 Å². The third-order valence-electron chi connectivity index (χ3n) is 5.17. The summed E-state index contributed by atoms with van der Waals surface area (Å²) in [5.41, 5.74) is 1.20. The van der Waals surface area contributed by atoms with Gasteiger partial charge in [0, 0.05) is 22.7 Å². The fourth-order valence-corrected chi connectivity index (χ4v) is 5.51. The number of hydrogen-bond donors (Lipinski definition) is 0. The van der Waals surface area contributed by atoms with E-state index in [1.807, 2.05) is 24.3 Å². The van der Waals surface area contributed by atoms with Crippen molar-refractivity contribution in [3.63, 3.8) is 0 Å². The zero-order valence-electron chi connectivity index (χ0n) is 17.4. The number of anilines is 1. The van der Waals surface area contributed by atoms with Gasteiger partial charge in [-0.25, -0.2) is 12.8 Å². The molecule has 1 aliphatic heterocycles. The normalized spacial score (nSPS) is 17.6. The van der Waals surface area contributed by atoms with Crippen LogP contribution in [-0.2, 0) is 14.8 Å². The predicted octanol–water partition coefficient (Wildman–Crippen LogP) is 4.94. The van der Waals surface area contributed by atoms with E-state index in [9.17, 15) is 12.8 Å². The molecule has 0 aromatic heterocycles. The van der Waals surface area contributed by atoms with Gasteiger partial charge in [0.25, 0.3) is 10.0 Å². The molecule has 2 atom stereocenters. The lowest BCUT2D eigenvalue weighted by Gasteiger charge is -2.25. The lowest BCUT2D eigenvalue weighted by Crippen LogP contribution is -2.35. The van der Waals surface area contributed by atoms with E-state index in [2.05, 4.69) is 15.9 Å². The van der Waals surface area contributed by atoms with E-state index in [1.54, 1.807) is 18.2 Å². The molecule has 0 aliphatic carbocycles.